The predicted molar refractivity (Wildman–Crippen MR) is 103 cm³/mol. The summed E-state index contributed by atoms with van der Waals surface area (Å²) in [5.74, 6) is -0.611. The Kier molecular flexibility index (Phi) is 9.05. The molecule has 0 unspecified atom stereocenters. The smallest absolute Gasteiger partial charge is 0.254 e. The Morgan fingerprint density at radius 3 is 2.42 bits per heavy atom. The highest BCUT2D eigenvalue weighted by Crippen LogP contribution is 2.20. The molecule has 7 heteroatoms. The SMILES string of the molecule is C=CC(F)=CC=CS(=O)(=O)NC1=CC=C(C(=O)N(CCC)CCC)CC1. The first-order valence-corrected chi connectivity index (χ1v) is 10.3. The van der Waals surface area contributed by atoms with Crippen molar-refractivity contribution < 1.29 is 17.6 Å². The van der Waals surface area contributed by atoms with Crippen LogP contribution < -0.4 is 4.72 Å². The molecule has 0 spiro atoms. The van der Waals surface area contributed by atoms with Gasteiger partial charge in [0.15, 0.2) is 0 Å². The van der Waals surface area contributed by atoms with Crippen LogP contribution in [0.3, 0.4) is 0 Å². The van der Waals surface area contributed by atoms with Crippen molar-refractivity contribution in [3.63, 3.8) is 0 Å². The van der Waals surface area contributed by atoms with Crippen molar-refractivity contribution in [1.82, 2.24) is 9.62 Å². The molecule has 1 aliphatic rings. The van der Waals surface area contributed by atoms with Gasteiger partial charge in [0, 0.05) is 24.4 Å². The highest BCUT2D eigenvalue weighted by atomic mass is 32.2. The molecule has 1 N–H and O–H groups in total. The fourth-order valence-electron chi connectivity index (χ4n) is 2.48. The molecule has 1 aliphatic carbocycles. The zero-order valence-corrected chi connectivity index (χ0v) is 16.2. The molecule has 5 nitrogen and oxygen atoms in total. The van der Waals surface area contributed by atoms with Gasteiger partial charge in [0.05, 0.1) is 5.41 Å². The largest absolute Gasteiger partial charge is 0.339 e. The number of amides is 1. The van der Waals surface area contributed by atoms with Crippen LogP contribution in [0.1, 0.15) is 39.5 Å². The summed E-state index contributed by atoms with van der Waals surface area (Å²) in [6.07, 6.45) is 9.06. The minimum Gasteiger partial charge on any atom is -0.339 e. The molecule has 0 heterocycles. The number of rotatable bonds is 10. The van der Waals surface area contributed by atoms with E-state index in [0.717, 1.165) is 36.5 Å². The van der Waals surface area contributed by atoms with Gasteiger partial charge in [-0.15, -0.1) is 0 Å². The second-order valence-corrected chi connectivity index (χ2v) is 7.47. The minimum atomic E-state index is -3.73. The number of nitrogens with one attached hydrogen (secondary N) is 1. The third-order valence-corrected chi connectivity index (χ3v) is 4.74. The fourth-order valence-corrected chi connectivity index (χ4v) is 3.37. The first-order valence-electron chi connectivity index (χ1n) is 8.71. The van der Waals surface area contributed by atoms with E-state index in [0.29, 0.717) is 37.2 Å². The van der Waals surface area contributed by atoms with Gasteiger partial charge < -0.3 is 4.90 Å². The van der Waals surface area contributed by atoms with Crippen LogP contribution >= 0.6 is 0 Å². The van der Waals surface area contributed by atoms with E-state index in [4.69, 9.17) is 0 Å². The molecule has 0 atom stereocenters. The summed E-state index contributed by atoms with van der Waals surface area (Å²) in [4.78, 5) is 14.4. The number of halogens is 1. The monoisotopic (exact) mass is 382 g/mol. The molecule has 0 aromatic carbocycles. The van der Waals surface area contributed by atoms with Crippen LogP contribution in [0.5, 0.6) is 0 Å². The van der Waals surface area contributed by atoms with Crippen LogP contribution in [0.4, 0.5) is 4.39 Å². The summed E-state index contributed by atoms with van der Waals surface area (Å²) in [7, 11) is -3.73. The normalized spacial score (nSPS) is 15.4. The molecular formula is C19H27FN2O3S. The van der Waals surface area contributed by atoms with Crippen LogP contribution in [0.2, 0.25) is 0 Å². The Balaban J connectivity index is 2.78. The number of sulfonamides is 1. The maximum absolute atomic E-state index is 12.9. The van der Waals surface area contributed by atoms with Gasteiger partial charge in [0.1, 0.15) is 5.83 Å². The van der Waals surface area contributed by atoms with Crippen LogP contribution in [-0.4, -0.2) is 32.3 Å². The molecule has 0 aliphatic heterocycles. The summed E-state index contributed by atoms with van der Waals surface area (Å²) in [6.45, 7) is 8.73. The van der Waals surface area contributed by atoms with Crippen molar-refractivity contribution >= 4 is 15.9 Å². The molecule has 0 radical (unpaired) electrons. The van der Waals surface area contributed by atoms with E-state index in [1.54, 1.807) is 12.2 Å². The second-order valence-electron chi connectivity index (χ2n) is 5.91. The molecule has 0 aromatic rings. The summed E-state index contributed by atoms with van der Waals surface area (Å²) >= 11 is 0. The van der Waals surface area contributed by atoms with Gasteiger partial charge in [-0.25, -0.2) is 12.8 Å². The lowest BCUT2D eigenvalue weighted by Gasteiger charge is -2.24. The molecule has 144 valence electrons. The molecular weight excluding hydrogens is 355 g/mol. The molecule has 0 saturated heterocycles. The lowest BCUT2D eigenvalue weighted by atomic mass is 10.0. The Morgan fingerprint density at radius 1 is 1.27 bits per heavy atom. The van der Waals surface area contributed by atoms with E-state index < -0.39 is 15.9 Å². The van der Waals surface area contributed by atoms with Crippen molar-refractivity contribution in [3.8, 4) is 0 Å². The molecule has 0 aromatic heterocycles. The zero-order chi connectivity index (χ0) is 19.6. The van der Waals surface area contributed by atoms with E-state index in [2.05, 4.69) is 11.3 Å². The topological polar surface area (TPSA) is 66.5 Å². The van der Waals surface area contributed by atoms with Crippen LogP contribution in [-0.2, 0) is 14.8 Å². The first kappa shape index (κ1) is 21.9. The van der Waals surface area contributed by atoms with Crippen molar-refractivity contribution in [2.45, 2.75) is 39.5 Å². The van der Waals surface area contributed by atoms with E-state index in [1.807, 2.05) is 18.7 Å². The molecule has 1 amide bonds. The zero-order valence-electron chi connectivity index (χ0n) is 15.4. The van der Waals surface area contributed by atoms with Crippen molar-refractivity contribution in [3.05, 3.63) is 59.5 Å². The van der Waals surface area contributed by atoms with E-state index in [1.165, 1.54) is 0 Å². The van der Waals surface area contributed by atoms with Gasteiger partial charge in [0.25, 0.3) is 10.0 Å². The van der Waals surface area contributed by atoms with E-state index >= 15 is 0 Å². The maximum atomic E-state index is 12.9. The van der Waals surface area contributed by atoms with E-state index in [-0.39, 0.29) is 5.91 Å². The molecule has 0 saturated carbocycles. The Labute approximate surface area is 155 Å². The van der Waals surface area contributed by atoms with Crippen LogP contribution in [0, 0.1) is 0 Å². The average Bonchev–Trinajstić information content (AvgIpc) is 2.61. The average molecular weight is 383 g/mol. The Bertz CT molecular complexity index is 728. The number of nitrogens with zero attached hydrogens (tertiary/aromatic N) is 1. The fraction of sp³-hybridized carbons (Fsp3) is 0.421. The van der Waals surface area contributed by atoms with Crippen molar-refractivity contribution in [2.24, 2.45) is 0 Å². The van der Waals surface area contributed by atoms with Crippen LogP contribution in [0.25, 0.3) is 0 Å². The van der Waals surface area contributed by atoms with Gasteiger partial charge in [-0.1, -0.05) is 26.5 Å². The third kappa shape index (κ3) is 7.39. The second kappa shape index (κ2) is 10.8. The third-order valence-electron chi connectivity index (χ3n) is 3.68. The number of hydrogen-bond donors (Lipinski definition) is 1. The summed E-state index contributed by atoms with van der Waals surface area (Å²) in [5, 5.41) is 0.880. The van der Waals surface area contributed by atoms with Gasteiger partial charge in [-0.3, -0.25) is 9.52 Å². The van der Waals surface area contributed by atoms with E-state index in [9.17, 15) is 17.6 Å². The van der Waals surface area contributed by atoms with Gasteiger partial charge >= 0.3 is 0 Å². The predicted octanol–water partition coefficient (Wildman–Crippen LogP) is 3.71. The standard InChI is InChI=1S/C19H27FN2O3S/c1-4-13-22(14-5-2)19(23)16-9-11-18(12-10-16)21-26(24,25)15-7-8-17(20)6-3/h6-9,11,15,21H,3-5,10,12-14H2,1-2H3. The molecule has 1 rings (SSSR count). The number of allylic oxidation sites excluding steroid dienone is 7. The minimum absolute atomic E-state index is 0.0109. The highest BCUT2D eigenvalue weighted by Gasteiger charge is 2.20. The highest BCUT2D eigenvalue weighted by molar-refractivity contribution is 7.92. The van der Waals surface area contributed by atoms with Gasteiger partial charge in [-0.05, 0) is 50.0 Å². The first-order chi connectivity index (χ1) is 12.3. The quantitative estimate of drug-likeness (QED) is 0.586. The molecule has 0 bridgehead atoms. The Morgan fingerprint density at radius 2 is 1.92 bits per heavy atom. The van der Waals surface area contributed by atoms with Gasteiger partial charge in [0.2, 0.25) is 5.91 Å². The molecule has 0 fully saturated rings. The summed E-state index contributed by atoms with van der Waals surface area (Å²) < 4.78 is 39.2. The van der Waals surface area contributed by atoms with Gasteiger partial charge in [-0.2, -0.15) is 0 Å². The van der Waals surface area contributed by atoms with Crippen LogP contribution in [0.15, 0.2) is 59.5 Å². The number of hydrogen-bond acceptors (Lipinski definition) is 3. The lowest BCUT2D eigenvalue weighted by molar-refractivity contribution is -0.127. The Hall–Kier alpha value is -2.15. The summed E-state index contributed by atoms with van der Waals surface area (Å²) in [6, 6.07) is 0. The van der Waals surface area contributed by atoms with Crippen molar-refractivity contribution in [2.75, 3.05) is 13.1 Å². The van der Waals surface area contributed by atoms with Crippen molar-refractivity contribution in [1.29, 1.82) is 0 Å². The number of carbonyl (C=O) groups excluding carboxylic acids is 1. The molecule has 26 heavy (non-hydrogen) atoms. The lowest BCUT2D eigenvalue weighted by Crippen LogP contribution is -2.34. The maximum Gasteiger partial charge on any atom is 0.254 e. The number of carbonyl (C=O) groups is 1. The summed E-state index contributed by atoms with van der Waals surface area (Å²) in [5.41, 5.74) is 1.18.